The summed E-state index contributed by atoms with van der Waals surface area (Å²) in [6, 6.07) is 5.83. The standard InChI is InChI=1S/C17H22N4O4/c1-11-3-4-14-13(7-11)16(19-18-14)17(24)21-5-6-25-12(9-21)8-20(2)10-15(22)23/h3-4,7,12H,5-6,8-10H2,1-2H3,(H,18,19)(H,22,23)/t12-/m0/s1. The van der Waals surface area contributed by atoms with Crippen molar-refractivity contribution in [3.63, 3.8) is 0 Å². The van der Waals surface area contributed by atoms with Gasteiger partial charge in [0.05, 0.1) is 24.8 Å². The minimum atomic E-state index is -0.885. The number of H-pyrrole nitrogens is 1. The van der Waals surface area contributed by atoms with Gasteiger partial charge >= 0.3 is 5.97 Å². The van der Waals surface area contributed by atoms with Gasteiger partial charge in [-0.3, -0.25) is 19.6 Å². The lowest BCUT2D eigenvalue weighted by Gasteiger charge is -2.34. The van der Waals surface area contributed by atoms with Crippen LogP contribution in [0.3, 0.4) is 0 Å². The highest BCUT2D eigenvalue weighted by Gasteiger charge is 2.28. The summed E-state index contributed by atoms with van der Waals surface area (Å²) in [5.41, 5.74) is 2.32. The van der Waals surface area contributed by atoms with Gasteiger partial charge in [0.1, 0.15) is 0 Å². The summed E-state index contributed by atoms with van der Waals surface area (Å²) < 4.78 is 5.68. The van der Waals surface area contributed by atoms with Gasteiger partial charge in [0, 0.05) is 25.0 Å². The molecule has 1 aliphatic heterocycles. The first-order valence-corrected chi connectivity index (χ1v) is 8.20. The number of aryl methyl sites for hydroxylation is 1. The Bertz CT molecular complexity index is 788. The van der Waals surface area contributed by atoms with Crippen LogP contribution in [0, 0.1) is 6.92 Å². The molecular weight excluding hydrogens is 324 g/mol. The number of likely N-dealkylation sites (N-methyl/N-ethyl adjacent to an activating group) is 1. The van der Waals surface area contributed by atoms with Gasteiger partial charge in [-0.05, 0) is 26.1 Å². The molecule has 8 nitrogen and oxygen atoms in total. The van der Waals surface area contributed by atoms with Gasteiger partial charge in [-0.2, -0.15) is 5.10 Å². The van der Waals surface area contributed by atoms with Crippen LogP contribution < -0.4 is 0 Å². The molecule has 25 heavy (non-hydrogen) atoms. The monoisotopic (exact) mass is 346 g/mol. The third-order valence-corrected chi connectivity index (χ3v) is 4.27. The molecule has 1 aromatic heterocycles. The number of carboxylic acid groups (broad SMARTS) is 1. The molecule has 2 heterocycles. The molecule has 1 fully saturated rings. The molecule has 1 saturated heterocycles. The molecule has 0 unspecified atom stereocenters. The Morgan fingerprint density at radius 1 is 1.48 bits per heavy atom. The van der Waals surface area contributed by atoms with Crippen LogP contribution in [0.2, 0.25) is 0 Å². The molecule has 0 bridgehead atoms. The maximum atomic E-state index is 12.9. The van der Waals surface area contributed by atoms with Crippen molar-refractivity contribution < 1.29 is 19.4 Å². The highest BCUT2D eigenvalue weighted by atomic mass is 16.5. The Hall–Kier alpha value is -2.45. The maximum absolute atomic E-state index is 12.9. The number of aliphatic carboxylic acids is 1. The summed E-state index contributed by atoms with van der Waals surface area (Å²) in [7, 11) is 1.72. The second-order valence-corrected chi connectivity index (χ2v) is 6.46. The second-order valence-electron chi connectivity index (χ2n) is 6.46. The topological polar surface area (TPSA) is 98.8 Å². The maximum Gasteiger partial charge on any atom is 0.317 e. The molecule has 134 valence electrons. The fourth-order valence-electron chi connectivity index (χ4n) is 3.10. The van der Waals surface area contributed by atoms with Crippen LogP contribution in [0.1, 0.15) is 16.1 Å². The van der Waals surface area contributed by atoms with Gasteiger partial charge in [-0.1, -0.05) is 11.6 Å². The highest BCUT2D eigenvalue weighted by Crippen LogP contribution is 2.20. The number of carbonyl (C=O) groups excluding carboxylic acids is 1. The third kappa shape index (κ3) is 3.97. The molecule has 0 spiro atoms. The van der Waals surface area contributed by atoms with Crippen molar-refractivity contribution in [1.82, 2.24) is 20.0 Å². The quantitative estimate of drug-likeness (QED) is 0.828. The Morgan fingerprint density at radius 3 is 3.04 bits per heavy atom. The number of morpholine rings is 1. The molecule has 2 N–H and O–H groups in total. The number of ether oxygens (including phenoxy) is 1. The molecule has 8 heteroatoms. The van der Waals surface area contributed by atoms with Crippen molar-refractivity contribution in [2.45, 2.75) is 13.0 Å². The zero-order valence-electron chi connectivity index (χ0n) is 14.4. The lowest BCUT2D eigenvalue weighted by Crippen LogP contribution is -2.49. The third-order valence-electron chi connectivity index (χ3n) is 4.27. The van der Waals surface area contributed by atoms with Gasteiger partial charge < -0.3 is 14.7 Å². The van der Waals surface area contributed by atoms with Crippen molar-refractivity contribution >= 4 is 22.8 Å². The number of aromatic amines is 1. The molecule has 3 rings (SSSR count). The van der Waals surface area contributed by atoms with E-state index in [-0.39, 0.29) is 18.6 Å². The van der Waals surface area contributed by atoms with E-state index in [2.05, 4.69) is 10.2 Å². The smallest absolute Gasteiger partial charge is 0.317 e. The van der Waals surface area contributed by atoms with E-state index in [9.17, 15) is 9.59 Å². The fourth-order valence-corrected chi connectivity index (χ4v) is 3.10. The zero-order chi connectivity index (χ0) is 18.0. The van der Waals surface area contributed by atoms with Crippen molar-refractivity contribution in [3.05, 3.63) is 29.5 Å². The first-order chi connectivity index (χ1) is 11.9. The number of nitrogens with one attached hydrogen (secondary N) is 1. The summed E-state index contributed by atoms with van der Waals surface area (Å²) in [5.74, 6) is -1.02. The number of benzene rings is 1. The Morgan fingerprint density at radius 2 is 2.28 bits per heavy atom. The second kappa shape index (κ2) is 7.20. The van der Waals surface area contributed by atoms with Crippen LogP contribution >= 0.6 is 0 Å². The van der Waals surface area contributed by atoms with Crippen LogP contribution in [-0.2, 0) is 9.53 Å². The molecular formula is C17H22N4O4. The van der Waals surface area contributed by atoms with Crippen LogP contribution in [0.15, 0.2) is 18.2 Å². The molecule has 2 aromatic rings. The lowest BCUT2D eigenvalue weighted by molar-refractivity contribution is -0.138. The van der Waals surface area contributed by atoms with Gasteiger partial charge in [-0.15, -0.1) is 0 Å². The van der Waals surface area contributed by atoms with E-state index in [0.29, 0.717) is 31.9 Å². The van der Waals surface area contributed by atoms with Crippen molar-refractivity contribution in [1.29, 1.82) is 0 Å². The predicted octanol–water partition coefficient (Wildman–Crippen LogP) is 0.729. The van der Waals surface area contributed by atoms with Crippen molar-refractivity contribution in [2.75, 3.05) is 39.8 Å². The van der Waals surface area contributed by atoms with E-state index in [1.807, 2.05) is 25.1 Å². The number of nitrogens with zero attached hydrogens (tertiary/aromatic N) is 3. The van der Waals surface area contributed by atoms with Crippen molar-refractivity contribution in [2.24, 2.45) is 0 Å². The van der Waals surface area contributed by atoms with E-state index in [1.54, 1.807) is 16.8 Å². The van der Waals surface area contributed by atoms with Crippen LogP contribution in [0.4, 0.5) is 0 Å². The van der Waals surface area contributed by atoms with E-state index in [1.165, 1.54) is 0 Å². The fraction of sp³-hybridized carbons (Fsp3) is 0.471. The molecule has 0 saturated carbocycles. The zero-order valence-corrected chi connectivity index (χ0v) is 14.4. The summed E-state index contributed by atoms with van der Waals surface area (Å²) in [6.45, 7) is 3.72. The molecule has 0 radical (unpaired) electrons. The average molecular weight is 346 g/mol. The van der Waals surface area contributed by atoms with E-state index in [4.69, 9.17) is 9.84 Å². The summed E-state index contributed by atoms with van der Waals surface area (Å²) >= 11 is 0. The summed E-state index contributed by atoms with van der Waals surface area (Å²) in [4.78, 5) is 27.0. The number of carbonyl (C=O) groups is 2. The van der Waals surface area contributed by atoms with Gasteiger partial charge in [0.15, 0.2) is 5.69 Å². The number of aromatic nitrogens is 2. The van der Waals surface area contributed by atoms with Crippen LogP contribution in [-0.4, -0.2) is 82.9 Å². The predicted molar refractivity (Wildman–Crippen MR) is 91.6 cm³/mol. The first kappa shape index (κ1) is 17.4. The number of hydrogen-bond donors (Lipinski definition) is 2. The van der Waals surface area contributed by atoms with Gasteiger partial charge in [-0.25, -0.2) is 0 Å². The van der Waals surface area contributed by atoms with Crippen LogP contribution in [0.25, 0.3) is 10.9 Å². The van der Waals surface area contributed by atoms with E-state index in [0.717, 1.165) is 16.5 Å². The summed E-state index contributed by atoms with van der Waals surface area (Å²) in [6.07, 6.45) is -0.214. The number of amides is 1. The summed E-state index contributed by atoms with van der Waals surface area (Å²) in [5, 5.41) is 16.7. The Balaban J connectivity index is 1.71. The number of fused-ring (bicyclic) bond motifs is 1. The molecule has 1 amide bonds. The number of rotatable bonds is 5. The van der Waals surface area contributed by atoms with Crippen LogP contribution in [0.5, 0.6) is 0 Å². The number of hydrogen-bond acceptors (Lipinski definition) is 5. The lowest BCUT2D eigenvalue weighted by atomic mass is 10.1. The SMILES string of the molecule is Cc1ccc2[nH]nc(C(=O)N3CCO[C@@H](CN(C)CC(=O)O)C3)c2c1. The highest BCUT2D eigenvalue weighted by molar-refractivity contribution is 6.04. The number of carboxylic acids is 1. The van der Waals surface area contributed by atoms with E-state index < -0.39 is 5.97 Å². The van der Waals surface area contributed by atoms with Crippen molar-refractivity contribution in [3.8, 4) is 0 Å². The molecule has 0 aliphatic carbocycles. The largest absolute Gasteiger partial charge is 0.480 e. The Kier molecular flexibility index (Phi) is 5.00. The van der Waals surface area contributed by atoms with Gasteiger partial charge in [0.25, 0.3) is 5.91 Å². The molecule has 1 aliphatic rings. The Labute approximate surface area is 145 Å². The first-order valence-electron chi connectivity index (χ1n) is 8.20. The normalized spacial score (nSPS) is 18.0. The van der Waals surface area contributed by atoms with E-state index >= 15 is 0 Å². The average Bonchev–Trinajstić information content (AvgIpc) is 2.96. The minimum absolute atomic E-state index is 0.0584. The minimum Gasteiger partial charge on any atom is -0.480 e. The molecule has 1 aromatic carbocycles. The van der Waals surface area contributed by atoms with Gasteiger partial charge in [0.2, 0.25) is 0 Å². The molecule has 1 atom stereocenters.